The molecule has 2 aromatic rings. The standard InChI is InChI=1S/C12H15N3O2S/c1-10-12(7-13-15-10)8-14-18(16,17)9-11-5-3-2-4-6-11/h2-7,14H,8-9H2,1H3,(H,13,15). The number of nitrogens with zero attached hydrogens (tertiary/aromatic N) is 1. The van der Waals surface area contributed by atoms with E-state index in [1.165, 1.54) is 0 Å². The predicted octanol–water partition coefficient (Wildman–Crippen LogP) is 1.34. The first kappa shape index (κ1) is 12.8. The average molecular weight is 265 g/mol. The lowest BCUT2D eigenvalue weighted by Crippen LogP contribution is -2.24. The zero-order valence-corrected chi connectivity index (χ0v) is 10.9. The number of aromatic nitrogens is 2. The van der Waals surface area contributed by atoms with E-state index in [0.29, 0.717) is 0 Å². The highest BCUT2D eigenvalue weighted by molar-refractivity contribution is 7.88. The third-order valence-electron chi connectivity index (χ3n) is 2.62. The summed E-state index contributed by atoms with van der Waals surface area (Å²) < 4.78 is 26.3. The van der Waals surface area contributed by atoms with E-state index in [9.17, 15) is 8.42 Å². The summed E-state index contributed by atoms with van der Waals surface area (Å²) in [6, 6.07) is 9.10. The lowest BCUT2D eigenvalue weighted by molar-refractivity contribution is 0.580. The van der Waals surface area contributed by atoms with Gasteiger partial charge in [-0.1, -0.05) is 30.3 Å². The van der Waals surface area contributed by atoms with Crippen molar-refractivity contribution in [3.05, 3.63) is 53.3 Å². The van der Waals surface area contributed by atoms with Crippen LogP contribution in [0.15, 0.2) is 36.5 Å². The van der Waals surface area contributed by atoms with Gasteiger partial charge in [0.05, 0.1) is 11.9 Å². The summed E-state index contributed by atoms with van der Waals surface area (Å²) in [6.07, 6.45) is 1.63. The van der Waals surface area contributed by atoms with Crippen LogP contribution in [0.2, 0.25) is 0 Å². The molecule has 5 nitrogen and oxygen atoms in total. The highest BCUT2D eigenvalue weighted by Crippen LogP contribution is 2.06. The Morgan fingerprint density at radius 3 is 2.61 bits per heavy atom. The first-order valence-electron chi connectivity index (χ1n) is 5.57. The van der Waals surface area contributed by atoms with Crippen molar-refractivity contribution in [2.75, 3.05) is 0 Å². The largest absolute Gasteiger partial charge is 0.283 e. The first-order valence-corrected chi connectivity index (χ1v) is 7.22. The van der Waals surface area contributed by atoms with Crippen LogP contribution in [0, 0.1) is 6.92 Å². The third-order valence-corrected chi connectivity index (χ3v) is 3.91. The van der Waals surface area contributed by atoms with Gasteiger partial charge in [-0.25, -0.2) is 13.1 Å². The smallest absolute Gasteiger partial charge is 0.216 e. The van der Waals surface area contributed by atoms with E-state index < -0.39 is 10.0 Å². The molecule has 1 heterocycles. The summed E-state index contributed by atoms with van der Waals surface area (Å²) >= 11 is 0. The maximum absolute atomic E-state index is 11.9. The second kappa shape index (κ2) is 5.32. The van der Waals surface area contributed by atoms with Gasteiger partial charge < -0.3 is 0 Å². The Morgan fingerprint density at radius 1 is 1.28 bits per heavy atom. The fraction of sp³-hybridized carbons (Fsp3) is 0.250. The zero-order valence-electron chi connectivity index (χ0n) is 10.1. The third kappa shape index (κ3) is 3.41. The van der Waals surface area contributed by atoms with Crippen molar-refractivity contribution in [1.29, 1.82) is 0 Å². The van der Waals surface area contributed by atoms with Crippen LogP contribution < -0.4 is 4.72 Å². The summed E-state index contributed by atoms with van der Waals surface area (Å²) in [5, 5.41) is 6.62. The molecular weight excluding hydrogens is 250 g/mol. The lowest BCUT2D eigenvalue weighted by Gasteiger charge is -2.06. The number of hydrogen-bond donors (Lipinski definition) is 2. The van der Waals surface area contributed by atoms with Gasteiger partial charge in [0.1, 0.15) is 0 Å². The van der Waals surface area contributed by atoms with Crippen molar-refractivity contribution in [2.45, 2.75) is 19.2 Å². The predicted molar refractivity (Wildman–Crippen MR) is 69.2 cm³/mol. The molecule has 0 amide bonds. The second-order valence-corrected chi connectivity index (χ2v) is 5.89. The molecule has 0 saturated heterocycles. The molecule has 18 heavy (non-hydrogen) atoms. The van der Waals surface area contributed by atoms with E-state index in [4.69, 9.17) is 0 Å². The van der Waals surface area contributed by atoms with E-state index >= 15 is 0 Å². The molecule has 0 atom stereocenters. The SMILES string of the molecule is Cc1[nH]ncc1CNS(=O)(=O)Cc1ccccc1. The van der Waals surface area contributed by atoms with Crippen LogP contribution in [-0.4, -0.2) is 18.6 Å². The number of H-pyrrole nitrogens is 1. The van der Waals surface area contributed by atoms with Gasteiger partial charge in [0, 0.05) is 17.8 Å². The zero-order chi connectivity index (χ0) is 13.0. The minimum Gasteiger partial charge on any atom is -0.283 e. The number of aryl methyl sites for hydroxylation is 1. The number of sulfonamides is 1. The Kier molecular flexibility index (Phi) is 3.78. The van der Waals surface area contributed by atoms with Crippen molar-refractivity contribution in [2.24, 2.45) is 0 Å². The van der Waals surface area contributed by atoms with E-state index in [2.05, 4.69) is 14.9 Å². The lowest BCUT2D eigenvalue weighted by atomic mass is 10.2. The van der Waals surface area contributed by atoms with Crippen molar-refractivity contribution in [3.63, 3.8) is 0 Å². The molecule has 6 heteroatoms. The maximum Gasteiger partial charge on any atom is 0.216 e. The monoisotopic (exact) mass is 265 g/mol. The quantitative estimate of drug-likeness (QED) is 0.856. The van der Waals surface area contributed by atoms with Gasteiger partial charge in [0.25, 0.3) is 0 Å². The molecule has 0 radical (unpaired) electrons. The summed E-state index contributed by atoms with van der Waals surface area (Å²) in [5.41, 5.74) is 2.50. The van der Waals surface area contributed by atoms with Gasteiger partial charge in [-0.3, -0.25) is 5.10 Å². The molecule has 1 aromatic heterocycles. The molecule has 0 aliphatic rings. The van der Waals surface area contributed by atoms with Crippen LogP contribution in [0.5, 0.6) is 0 Å². The Balaban J connectivity index is 1.98. The number of nitrogens with one attached hydrogen (secondary N) is 2. The van der Waals surface area contributed by atoms with Gasteiger partial charge in [0.2, 0.25) is 10.0 Å². The number of rotatable bonds is 5. The Morgan fingerprint density at radius 2 is 2.00 bits per heavy atom. The van der Waals surface area contributed by atoms with Crippen LogP contribution in [0.1, 0.15) is 16.8 Å². The van der Waals surface area contributed by atoms with E-state index in [-0.39, 0.29) is 12.3 Å². The molecule has 0 fully saturated rings. The topological polar surface area (TPSA) is 74.8 Å². The van der Waals surface area contributed by atoms with Crippen molar-refractivity contribution >= 4 is 10.0 Å². The molecule has 0 saturated carbocycles. The Bertz CT molecular complexity index is 605. The molecule has 2 rings (SSSR count). The van der Waals surface area contributed by atoms with Gasteiger partial charge in [-0.05, 0) is 12.5 Å². The van der Waals surface area contributed by atoms with Gasteiger partial charge in [-0.2, -0.15) is 5.10 Å². The second-order valence-electron chi connectivity index (χ2n) is 4.09. The molecule has 96 valence electrons. The molecule has 0 aliphatic carbocycles. The molecule has 0 unspecified atom stereocenters. The highest BCUT2D eigenvalue weighted by Gasteiger charge is 2.12. The summed E-state index contributed by atoms with van der Waals surface area (Å²) in [5.74, 6) is -0.00919. The summed E-state index contributed by atoms with van der Waals surface area (Å²) in [4.78, 5) is 0. The molecule has 0 bridgehead atoms. The van der Waals surface area contributed by atoms with Crippen LogP contribution >= 0.6 is 0 Å². The van der Waals surface area contributed by atoms with E-state index in [1.54, 1.807) is 18.3 Å². The summed E-state index contributed by atoms with van der Waals surface area (Å²) in [7, 11) is -3.32. The van der Waals surface area contributed by atoms with Crippen LogP contribution in [0.3, 0.4) is 0 Å². The molecule has 1 aromatic carbocycles. The van der Waals surface area contributed by atoms with E-state index in [0.717, 1.165) is 16.8 Å². The van der Waals surface area contributed by atoms with Crippen molar-refractivity contribution < 1.29 is 8.42 Å². The minimum atomic E-state index is -3.32. The minimum absolute atomic E-state index is 0.00919. The molecular formula is C12H15N3O2S. The van der Waals surface area contributed by atoms with Crippen LogP contribution in [0.25, 0.3) is 0 Å². The number of aromatic amines is 1. The average Bonchev–Trinajstić information content (AvgIpc) is 2.73. The maximum atomic E-state index is 11.9. The molecule has 0 aliphatic heterocycles. The van der Waals surface area contributed by atoms with Gasteiger partial charge in [-0.15, -0.1) is 0 Å². The Labute approximate surface area is 106 Å². The van der Waals surface area contributed by atoms with Crippen molar-refractivity contribution in [1.82, 2.24) is 14.9 Å². The fourth-order valence-corrected chi connectivity index (χ4v) is 2.70. The first-order chi connectivity index (χ1) is 8.57. The highest BCUT2D eigenvalue weighted by atomic mass is 32.2. The molecule has 0 spiro atoms. The normalized spacial score (nSPS) is 11.6. The summed E-state index contributed by atoms with van der Waals surface area (Å²) in [6.45, 7) is 2.12. The fourth-order valence-electron chi connectivity index (χ4n) is 1.59. The molecule has 2 N–H and O–H groups in total. The number of benzene rings is 1. The van der Waals surface area contributed by atoms with Crippen molar-refractivity contribution in [3.8, 4) is 0 Å². The number of hydrogen-bond acceptors (Lipinski definition) is 3. The van der Waals surface area contributed by atoms with E-state index in [1.807, 2.05) is 25.1 Å². The van der Waals surface area contributed by atoms with Gasteiger partial charge >= 0.3 is 0 Å². The Hall–Kier alpha value is -1.66. The van der Waals surface area contributed by atoms with Crippen LogP contribution in [0.4, 0.5) is 0 Å². The van der Waals surface area contributed by atoms with Gasteiger partial charge in [0.15, 0.2) is 0 Å². The van der Waals surface area contributed by atoms with Crippen LogP contribution in [-0.2, 0) is 22.3 Å².